The normalized spacial score (nSPS) is 17.6. The fourth-order valence-electron chi connectivity index (χ4n) is 2.76. The van der Waals surface area contributed by atoms with Gasteiger partial charge >= 0.3 is 0 Å². The van der Waals surface area contributed by atoms with E-state index in [2.05, 4.69) is 4.98 Å². The van der Waals surface area contributed by atoms with Gasteiger partial charge in [-0.25, -0.2) is 4.98 Å². The highest BCUT2D eigenvalue weighted by molar-refractivity contribution is 7.12. The van der Waals surface area contributed by atoms with Gasteiger partial charge in [-0.3, -0.25) is 9.59 Å². The molecule has 0 saturated carbocycles. The maximum Gasteiger partial charge on any atom is 0.276 e. The van der Waals surface area contributed by atoms with Crippen molar-refractivity contribution in [3.63, 3.8) is 0 Å². The van der Waals surface area contributed by atoms with E-state index < -0.39 is 0 Å². The number of carbonyl (C=O) groups excluding carboxylic acids is 2. The molecule has 3 rings (SSSR count). The van der Waals surface area contributed by atoms with Crippen LogP contribution in [0.15, 0.2) is 35.8 Å². The van der Waals surface area contributed by atoms with Crippen LogP contribution in [-0.4, -0.2) is 39.3 Å². The average Bonchev–Trinajstić information content (AvgIpc) is 3.18. The summed E-state index contributed by atoms with van der Waals surface area (Å²) in [6.07, 6.45) is 3.47. The summed E-state index contributed by atoms with van der Waals surface area (Å²) in [4.78, 5) is 31.1. The monoisotopic (exact) mass is 316 g/mol. The predicted molar refractivity (Wildman–Crippen MR) is 83.2 cm³/mol. The molecule has 0 radical (unpaired) electrons. The molecular weight excluding hydrogens is 300 g/mol. The number of ketones is 1. The number of aromatic nitrogens is 1. The molecule has 1 N–H and O–H groups in total. The molecule has 0 aromatic carbocycles. The molecule has 3 heterocycles. The SMILES string of the molecule is O=C(CC1CCCN1C(=O)c1ncccc1O)c1cccs1. The zero-order valence-electron chi connectivity index (χ0n) is 11.9. The van der Waals surface area contributed by atoms with Crippen LogP contribution in [0.3, 0.4) is 0 Å². The first-order valence-electron chi connectivity index (χ1n) is 7.18. The fourth-order valence-corrected chi connectivity index (χ4v) is 3.44. The number of carbonyl (C=O) groups is 2. The molecule has 0 spiro atoms. The van der Waals surface area contributed by atoms with Crippen LogP contribution in [0.5, 0.6) is 5.75 Å². The first-order valence-corrected chi connectivity index (χ1v) is 8.06. The van der Waals surface area contributed by atoms with Crippen molar-refractivity contribution < 1.29 is 14.7 Å². The Morgan fingerprint density at radius 2 is 2.23 bits per heavy atom. The number of thiophene rings is 1. The highest BCUT2D eigenvalue weighted by atomic mass is 32.1. The number of amides is 1. The van der Waals surface area contributed by atoms with Gasteiger partial charge in [0.2, 0.25) is 0 Å². The summed E-state index contributed by atoms with van der Waals surface area (Å²) in [7, 11) is 0. The van der Waals surface area contributed by atoms with Crippen molar-refractivity contribution in [2.75, 3.05) is 6.54 Å². The van der Waals surface area contributed by atoms with E-state index >= 15 is 0 Å². The molecule has 22 heavy (non-hydrogen) atoms. The Hall–Kier alpha value is -2.21. The summed E-state index contributed by atoms with van der Waals surface area (Å²) in [6, 6.07) is 6.55. The Labute approximate surface area is 132 Å². The van der Waals surface area contributed by atoms with Crippen molar-refractivity contribution in [1.29, 1.82) is 0 Å². The van der Waals surface area contributed by atoms with E-state index in [0.29, 0.717) is 13.0 Å². The number of pyridine rings is 1. The number of hydrogen-bond donors (Lipinski definition) is 1. The second-order valence-corrected chi connectivity index (χ2v) is 6.22. The van der Waals surface area contributed by atoms with E-state index in [0.717, 1.165) is 17.7 Å². The average molecular weight is 316 g/mol. The molecule has 1 aliphatic heterocycles. The van der Waals surface area contributed by atoms with Gasteiger partial charge in [0.05, 0.1) is 4.88 Å². The first kappa shape index (κ1) is 14.7. The lowest BCUT2D eigenvalue weighted by atomic mass is 10.1. The Kier molecular flexibility index (Phi) is 4.20. The molecule has 2 aromatic rings. The zero-order chi connectivity index (χ0) is 15.5. The molecule has 1 fully saturated rings. The molecule has 5 nitrogen and oxygen atoms in total. The minimum absolute atomic E-state index is 0.0537. The molecule has 6 heteroatoms. The third-order valence-electron chi connectivity index (χ3n) is 3.84. The summed E-state index contributed by atoms with van der Waals surface area (Å²) >= 11 is 1.42. The van der Waals surface area contributed by atoms with Crippen LogP contribution in [0.1, 0.15) is 39.4 Å². The summed E-state index contributed by atoms with van der Waals surface area (Å²) in [5.74, 6) is -0.368. The summed E-state index contributed by atoms with van der Waals surface area (Å²) in [6.45, 7) is 0.594. The maximum absolute atomic E-state index is 12.5. The largest absolute Gasteiger partial charge is 0.505 e. The Balaban J connectivity index is 1.74. The summed E-state index contributed by atoms with van der Waals surface area (Å²) < 4.78 is 0. The van der Waals surface area contributed by atoms with Gasteiger partial charge in [0, 0.05) is 25.2 Å². The molecule has 114 valence electrons. The molecule has 1 atom stereocenters. The minimum Gasteiger partial charge on any atom is -0.505 e. The molecule has 1 amide bonds. The summed E-state index contributed by atoms with van der Waals surface area (Å²) in [5, 5.41) is 11.7. The van der Waals surface area contributed by atoms with Gasteiger partial charge in [-0.05, 0) is 36.4 Å². The standard InChI is InChI=1S/C16H16N2O3S/c19-12-5-1-7-17-15(12)16(21)18-8-2-4-11(18)10-13(20)14-6-3-9-22-14/h1,3,5-7,9,11,19H,2,4,8,10H2. The maximum atomic E-state index is 12.5. The van der Waals surface area contributed by atoms with E-state index in [-0.39, 0.29) is 29.2 Å². The van der Waals surface area contributed by atoms with Gasteiger partial charge in [0.1, 0.15) is 5.75 Å². The predicted octanol–water partition coefficient (Wildman–Crippen LogP) is 2.73. The van der Waals surface area contributed by atoms with E-state index in [9.17, 15) is 14.7 Å². The third-order valence-corrected chi connectivity index (χ3v) is 4.75. The second-order valence-electron chi connectivity index (χ2n) is 5.27. The van der Waals surface area contributed by atoms with Gasteiger partial charge < -0.3 is 10.0 Å². The number of hydrogen-bond acceptors (Lipinski definition) is 5. The van der Waals surface area contributed by atoms with Gasteiger partial charge in [-0.1, -0.05) is 6.07 Å². The first-order chi connectivity index (χ1) is 10.7. The lowest BCUT2D eigenvalue weighted by molar-refractivity contribution is 0.0709. The molecule has 1 aliphatic rings. The van der Waals surface area contributed by atoms with Crippen LogP contribution in [0, 0.1) is 0 Å². The fraction of sp³-hybridized carbons (Fsp3) is 0.312. The number of nitrogens with zero attached hydrogens (tertiary/aromatic N) is 2. The van der Waals surface area contributed by atoms with E-state index in [1.54, 1.807) is 17.0 Å². The molecule has 0 bridgehead atoms. The smallest absolute Gasteiger partial charge is 0.276 e. The van der Waals surface area contributed by atoms with Gasteiger partial charge in [0.15, 0.2) is 11.5 Å². The molecule has 1 unspecified atom stereocenters. The second kappa shape index (κ2) is 6.27. The van der Waals surface area contributed by atoms with Gasteiger partial charge in [0.25, 0.3) is 5.91 Å². The quantitative estimate of drug-likeness (QED) is 0.881. The number of Topliss-reactive ketones (excluding diaryl/α,β-unsaturated/α-hetero) is 1. The third kappa shape index (κ3) is 2.87. The van der Waals surface area contributed by atoms with Crippen molar-refractivity contribution in [3.05, 3.63) is 46.4 Å². The van der Waals surface area contributed by atoms with Crippen molar-refractivity contribution in [2.24, 2.45) is 0 Å². The van der Waals surface area contributed by atoms with Crippen molar-refractivity contribution >= 4 is 23.0 Å². The Morgan fingerprint density at radius 1 is 1.36 bits per heavy atom. The van der Waals surface area contributed by atoms with Crippen molar-refractivity contribution in [2.45, 2.75) is 25.3 Å². The minimum atomic E-state index is -0.306. The van der Waals surface area contributed by atoms with Crippen LogP contribution in [0.4, 0.5) is 0 Å². The van der Waals surface area contributed by atoms with Crippen LogP contribution < -0.4 is 0 Å². The zero-order valence-corrected chi connectivity index (χ0v) is 12.8. The van der Waals surface area contributed by atoms with Crippen molar-refractivity contribution in [1.82, 2.24) is 9.88 Å². The lowest BCUT2D eigenvalue weighted by Gasteiger charge is -2.24. The number of aromatic hydroxyl groups is 1. The highest BCUT2D eigenvalue weighted by Gasteiger charge is 2.32. The van der Waals surface area contributed by atoms with Gasteiger partial charge in [-0.15, -0.1) is 11.3 Å². The van der Waals surface area contributed by atoms with E-state index in [4.69, 9.17) is 0 Å². The Bertz CT molecular complexity index is 684. The topological polar surface area (TPSA) is 70.5 Å². The molecule has 1 saturated heterocycles. The molecule has 0 aliphatic carbocycles. The van der Waals surface area contributed by atoms with E-state index in [1.165, 1.54) is 23.6 Å². The van der Waals surface area contributed by atoms with Crippen LogP contribution in [-0.2, 0) is 0 Å². The number of rotatable bonds is 4. The van der Waals surface area contributed by atoms with Crippen LogP contribution in [0.25, 0.3) is 0 Å². The Morgan fingerprint density at radius 3 is 2.95 bits per heavy atom. The summed E-state index contributed by atoms with van der Waals surface area (Å²) in [5.41, 5.74) is 0.0537. The lowest BCUT2D eigenvalue weighted by Crippen LogP contribution is -2.37. The molecular formula is C16H16N2O3S. The van der Waals surface area contributed by atoms with Crippen molar-refractivity contribution in [3.8, 4) is 5.75 Å². The highest BCUT2D eigenvalue weighted by Crippen LogP contribution is 2.26. The number of likely N-dealkylation sites (tertiary alicyclic amines) is 1. The van der Waals surface area contributed by atoms with Crippen LogP contribution >= 0.6 is 11.3 Å². The van der Waals surface area contributed by atoms with E-state index in [1.807, 2.05) is 11.4 Å². The molecule has 2 aromatic heterocycles. The van der Waals surface area contributed by atoms with Gasteiger partial charge in [-0.2, -0.15) is 0 Å². The van der Waals surface area contributed by atoms with Crippen LogP contribution in [0.2, 0.25) is 0 Å².